The first kappa shape index (κ1) is 16.9. The van der Waals surface area contributed by atoms with E-state index >= 15 is 0 Å². The molecule has 1 aromatic carbocycles. The number of likely N-dealkylation sites (N-methyl/N-ethyl adjacent to an activating group) is 1. The van der Waals surface area contributed by atoms with Crippen LogP contribution in [0.2, 0.25) is 0 Å². The van der Waals surface area contributed by atoms with Crippen LogP contribution in [0, 0.1) is 5.92 Å². The van der Waals surface area contributed by atoms with Gasteiger partial charge in [-0.05, 0) is 24.5 Å². The molecule has 0 saturated carbocycles. The number of hydrogen-bond acceptors (Lipinski definition) is 4. The van der Waals surface area contributed by atoms with Crippen molar-refractivity contribution in [1.82, 2.24) is 14.8 Å². The molecule has 0 unspecified atom stereocenters. The van der Waals surface area contributed by atoms with Crippen molar-refractivity contribution in [3.05, 3.63) is 29.3 Å². The van der Waals surface area contributed by atoms with Gasteiger partial charge in [0.05, 0.1) is 16.8 Å². The van der Waals surface area contributed by atoms with Gasteiger partial charge in [-0.25, -0.2) is 4.98 Å². The maximum Gasteiger partial charge on any atom is 0.245 e. The minimum Gasteiger partial charge on any atom is -0.337 e. The molecule has 1 saturated heterocycles. The highest BCUT2D eigenvalue weighted by Gasteiger charge is 2.36. The number of amides is 2. The van der Waals surface area contributed by atoms with E-state index in [1.165, 1.54) is 0 Å². The summed E-state index contributed by atoms with van der Waals surface area (Å²) in [6.07, 6.45) is 1.40. The molecule has 2 heterocycles. The van der Waals surface area contributed by atoms with E-state index in [0.717, 1.165) is 21.6 Å². The van der Waals surface area contributed by atoms with Crippen LogP contribution in [0.25, 0.3) is 10.2 Å². The van der Waals surface area contributed by atoms with Gasteiger partial charge in [-0.3, -0.25) is 9.59 Å². The number of thiazole rings is 1. The Morgan fingerprint density at radius 2 is 2.12 bits per heavy atom. The smallest absolute Gasteiger partial charge is 0.245 e. The summed E-state index contributed by atoms with van der Waals surface area (Å²) in [6.45, 7) is 5.16. The zero-order valence-corrected chi connectivity index (χ0v) is 15.2. The van der Waals surface area contributed by atoms with E-state index in [9.17, 15) is 9.59 Å². The second kappa shape index (κ2) is 6.89. The Balaban J connectivity index is 1.75. The van der Waals surface area contributed by atoms with Crippen molar-refractivity contribution in [1.29, 1.82) is 0 Å². The summed E-state index contributed by atoms with van der Waals surface area (Å²) in [5.41, 5.74) is 0.966. The van der Waals surface area contributed by atoms with E-state index in [1.807, 2.05) is 38.1 Å². The van der Waals surface area contributed by atoms with E-state index in [1.54, 1.807) is 28.2 Å². The molecule has 0 N–H and O–H groups in total. The van der Waals surface area contributed by atoms with Crippen molar-refractivity contribution in [3.8, 4) is 0 Å². The zero-order chi connectivity index (χ0) is 17.3. The van der Waals surface area contributed by atoms with Gasteiger partial charge >= 0.3 is 0 Å². The lowest BCUT2D eigenvalue weighted by molar-refractivity contribution is -0.144. The number of benzene rings is 1. The summed E-state index contributed by atoms with van der Waals surface area (Å²) in [6, 6.07) is 7.61. The van der Waals surface area contributed by atoms with Gasteiger partial charge in [0.2, 0.25) is 11.8 Å². The molecule has 128 valence electrons. The number of para-hydroxylation sites is 1. The molecule has 1 aliphatic rings. The van der Waals surface area contributed by atoms with Gasteiger partial charge in [-0.2, -0.15) is 0 Å². The van der Waals surface area contributed by atoms with E-state index < -0.39 is 0 Å². The molecule has 0 spiro atoms. The fraction of sp³-hybridized carbons (Fsp3) is 0.500. The van der Waals surface area contributed by atoms with E-state index in [4.69, 9.17) is 0 Å². The van der Waals surface area contributed by atoms with E-state index in [0.29, 0.717) is 19.5 Å². The van der Waals surface area contributed by atoms with Crippen molar-refractivity contribution in [3.63, 3.8) is 0 Å². The zero-order valence-electron chi connectivity index (χ0n) is 14.4. The van der Waals surface area contributed by atoms with Crippen LogP contribution in [0.15, 0.2) is 24.3 Å². The monoisotopic (exact) mass is 345 g/mol. The van der Waals surface area contributed by atoms with Gasteiger partial charge < -0.3 is 9.80 Å². The molecule has 0 bridgehead atoms. The van der Waals surface area contributed by atoms with Gasteiger partial charge in [-0.1, -0.05) is 26.0 Å². The number of hydrogen-bond donors (Lipinski definition) is 0. The predicted molar refractivity (Wildman–Crippen MR) is 95.7 cm³/mol. The molecule has 1 atom stereocenters. The van der Waals surface area contributed by atoms with Crippen molar-refractivity contribution in [2.24, 2.45) is 5.92 Å². The van der Waals surface area contributed by atoms with Crippen LogP contribution in [-0.2, 0) is 16.1 Å². The lowest BCUT2D eigenvalue weighted by atomic mass is 10.0. The van der Waals surface area contributed by atoms with Crippen molar-refractivity contribution >= 4 is 33.4 Å². The summed E-state index contributed by atoms with van der Waals surface area (Å²) in [5, 5.41) is 0.919. The van der Waals surface area contributed by atoms with Crippen LogP contribution in [0.4, 0.5) is 0 Å². The molecular weight excluding hydrogens is 322 g/mol. The molecule has 1 aromatic heterocycles. The molecule has 2 amide bonds. The molecule has 0 radical (unpaired) electrons. The number of carbonyl (C=O) groups excluding carboxylic acids is 2. The Bertz CT molecular complexity index is 723. The number of carbonyl (C=O) groups is 2. The van der Waals surface area contributed by atoms with Crippen LogP contribution in [0.5, 0.6) is 0 Å². The Kier molecular flexibility index (Phi) is 4.85. The van der Waals surface area contributed by atoms with Gasteiger partial charge in [0.1, 0.15) is 11.0 Å². The predicted octanol–water partition coefficient (Wildman–Crippen LogP) is 2.90. The SMILES string of the molecule is CC(C)[C@H](C(=O)N(C)Cc1nc2ccccc2s1)N1CCCC1=O. The molecule has 1 fully saturated rings. The molecule has 24 heavy (non-hydrogen) atoms. The fourth-order valence-corrected chi connectivity index (χ4v) is 4.26. The van der Waals surface area contributed by atoms with E-state index in [2.05, 4.69) is 4.98 Å². The Labute approximate surface area is 146 Å². The number of rotatable bonds is 5. The number of fused-ring (bicyclic) bond motifs is 1. The fourth-order valence-electron chi connectivity index (χ4n) is 3.24. The normalized spacial score (nSPS) is 16.2. The van der Waals surface area contributed by atoms with Crippen LogP contribution in [-0.4, -0.2) is 46.2 Å². The lowest BCUT2D eigenvalue weighted by Gasteiger charge is -2.32. The third-order valence-corrected chi connectivity index (χ3v) is 5.44. The first-order chi connectivity index (χ1) is 11.5. The standard InChI is InChI=1S/C18H23N3O2S/c1-12(2)17(21-10-6-9-16(21)22)18(23)20(3)11-15-19-13-7-4-5-8-14(13)24-15/h4-5,7-8,12,17H,6,9-11H2,1-3H3/t17-/m1/s1. The average Bonchev–Trinajstić information content (AvgIpc) is 3.13. The Morgan fingerprint density at radius 3 is 2.75 bits per heavy atom. The number of likely N-dealkylation sites (tertiary alicyclic amines) is 1. The first-order valence-electron chi connectivity index (χ1n) is 8.36. The largest absolute Gasteiger partial charge is 0.337 e. The Morgan fingerprint density at radius 1 is 1.38 bits per heavy atom. The minimum atomic E-state index is -0.376. The third-order valence-electron chi connectivity index (χ3n) is 4.42. The molecule has 1 aliphatic heterocycles. The maximum absolute atomic E-state index is 12.9. The highest BCUT2D eigenvalue weighted by Crippen LogP contribution is 2.24. The van der Waals surface area contributed by atoms with Gasteiger partial charge in [0, 0.05) is 20.0 Å². The maximum atomic E-state index is 12.9. The first-order valence-corrected chi connectivity index (χ1v) is 9.18. The van der Waals surface area contributed by atoms with Crippen molar-refractivity contribution in [2.45, 2.75) is 39.3 Å². The molecule has 2 aromatic rings. The highest BCUT2D eigenvalue weighted by atomic mass is 32.1. The van der Waals surface area contributed by atoms with Crippen LogP contribution in [0.3, 0.4) is 0 Å². The van der Waals surface area contributed by atoms with E-state index in [-0.39, 0.29) is 23.8 Å². The molecule has 5 nitrogen and oxygen atoms in total. The Hall–Kier alpha value is -1.95. The molecule has 3 rings (SSSR count). The summed E-state index contributed by atoms with van der Waals surface area (Å²) in [5.74, 6) is 0.187. The van der Waals surface area contributed by atoms with Gasteiger partial charge in [0.25, 0.3) is 0 Å². The summed E-state index contributed by atoms with van der Waals surface area (Å²) in [7, 11) is 1.80. The number of nitrogens with zero attached hydrogens (tertiary/aromatic N) is 3. The molecule has 6 heteroatoms. The van der Waals surface area contributed by atoms with Gasteiger partial charge in [-0.15, -0.1) is 11.3 Å². The molecular formula is C18H23N3O2S. The van der Waals surface area contributed by atoms with Crippen molar-refractivity contribution < 1.29 is 9.59 Å². The summed E-state index contributed by atoms with van der Waals surface area (Å²) < 4.78 is 1.13. The van der Waals surface area contributed by atoms with Gasteiger partial charge in [0.15, 0.2) is 0 Å². The molecule has 0 aliphatic carbocycles. The lowest BCUT2D eigenvalue weighted by Crippen LogP contribution is -2.50. The average molecular weight is 345 g/mol. The minimum absolute atomic E-state index is 0.000457. The highest BCUT2D eigenvalue weighted by molar-refractivity contribution is 7.18. The van der Waals surface area contributed by atoms with Crippen LogP contribution < -0.4 is 0 Å². The van der Waals surface area contributed by atoms with Crippen LogP contribution in [0.1, 0.15) is 31.7 Å². The van der Waals surface area contributed by atoms with Crippen molar-refractivity contribution in [2.75, 3.05) is 13.6 Å². The summed E-state index contributed by atoms with van der Waals surface area (Å²) in [4.78, 5) is 33.1. The summed E-state index contributed by atoms with van der Waals surface area (Å²) >= 11 is 1.61. The van der Waals surface area contributed by atoms with Crippen LogP contribution >= 0.6 is 11.3 Å². The second-order valence-corrected chi connectivity index (χ2v) is 7.76. The number of aromatic nitrogens is 1. The topological polar surface area (TPSA) is 53.5 Å². The third kappa shape index (κ3) is 3.29. The second-order valence-electron chi connectivity index (χ2n) is 6.65. The quantitative estimate of drug-likeness (QED) is 0.837.